The molecule has 0 radical (unpaired) electrons. The summed E-state index contributed by atoms with van der Waals surface area (Å²) in [5.74, 6) is 2.48. The highest BCUT2D eigenvalue weighted by atomic mass is 16.5. The average molecular weight is 440 g/mol. The third kappa shape index (κ3) is 4.70. The van der Waals surface area contributed by atoms with Crippen molar-refractivity contribution in [3.8, 4) is 0 Å². The molecule has 0 saturated carbocycles. The fourth-order valence-corrected chi connectivity index (χ4v) is 4.96. The van der Waals surface area contributed by atoms with Crippen LogP contribution in [0.4, 0.5) is 0 Å². The molecule has 0 N–H and O–H groups in total. The first-order chi connectivity index (χ1) is 15.5. The number of ether oxygens (including phenoxy) is 1. The smallest absolute Gasteiger partial charge is 0.254 e. The van der Waals surface area contributed by atoms with E-state index >= 15 is 0 Å². The molecule has 8 nitrogen and oxygen atoms in total. The number of aromatic nitrogens is 3. The predicted molar refractivity (Wildman–Crippen MR) is 120 cm³/mol. The number of amides is 2. The zero-order valence-electron chi connectivity index (χ0n) is 19.3. The number of fused-ring (bicyclic) bond motifs is 1. The van der Waals surface area contributed by atoms with E-state index in [0.29, 0.717) is 32.2 Å². The summed E-state index contributed by atoms with van der Waals surface area (Å²) in [6.45, 7) is 6.88. The summed E-state index contributed by atoms with van der Waals surface area (Å²) >= 11 is 0. The molecule has 1 saturated heterocycles. The average Bonchev–Trinajstić information content (AvgIpc) is 3.19. The molecule has 4 rings (SSSR count). The Bertz CT molecular complexity index is 964. The van der Waals surface area contributed by atoms with Gasteiger partial charge in [-0.2, -0.15) is 0 Å². The van der Waals surface area contributed by atoms with Crippen LogP contribution < -0.4 is 0 Å². The molecule has 0 spiro atoms. The first-order valence-electron chi connectivity index (χ1n) is 11.5. The Hall–Kier alpha value is -2.74. The number of carbonyl (C=O) groups is 2. The number of hydrogen-bond acceptors (Lipinski definition) is 5. The molecule has 2 aliphatic rings. The first kappa shape index (κ1) is 22.5. The number of aryl methyl sites for hydroxylation is 2. The van der Waals surface area contributed by atoms with E-state index in [1.807, 2.05) is 28.9 Å². The molecule has 8 heteroatoms. The molecule has 0 bridgehead atoms. The molecular weight excluding hydrogens is 406 g/mol. The van der Waals surface area contributed by atoms with Crippen LogP contribution in [-0.2, 0) is 22.5 Å². The Labute approximate surface area is 189 Å². The predicted octanol–water partition coefficient (Wildman–Crippen LogP) is 2.42. The number of rotatable bonds is 6. The molecule has 3 heterocycles. The Morgan fingerprint density at radius 2 is 1.97 bits per heavy atom. The minimum Gasteiger partial charge on any atom is -0.383 e. The molecule has 1 aromatic heterocycles. The molecular formula is C24H33N5O3. The van der Waals surface area contributed by atoms with Crippen molar-refractivity contribution in [2.45, 2.75) is 58.0 Å². The van der Waals surface area contributed by atoms with Crippen molar-refractivity contribution in [2.24, 2.45) is 0 Å². The third-order valence-corrected chi connectivity index (χ3v) is 6.88. The van der Waals surface area contributed by atoms with Crippen LogP contribution in [0.25, 0.3) is 0 Å². The van der Waals surface area contributed by atoms with Gasteiger partial charge >= 0.3 is 0 Å². The molecule has 2 aromatic rings. The van der Waals surface area contributed by atoms with Gasteiger partial charge < -0.3 is 19.1 Å². The second-order valence-corrected chi connectivity index (χ2v) is 8.86. The zero-order valence-corrected chi connectivity index (χ0v) is 19.3. The Morgan fingerprint density at radius 1 is 1.19 bits per heavy atom. The van der Waals surface area contributed by atoms with Crippen LogP contribution in [-0.4, -0.2) is 75.8 Å². The lowest BCUT2D eigenvalue weighted by atomic mass is 9.90. The van der Waals surface area contributed by atoms with E-state index in [2.05, 4.69) is 26.9 Å². The van der Waals surface area contributed by atoms with Gasteiger partial charge in [0.15, 0.2) is 0 Å². The molecule has 1 unspecified atom stereocenters. The minimum atomic E-state index is 0.0437. The van der Waals surface area contributed by atoms with Crippen LogP contribution in [0, 0.1) is 6.92 Å². The van der Waals surface area contributed by atoms with Gasteiger partial charge in [0.05, 0.1) is 6.61 Å². The van der Waals surface area contributed by atoms with Crippen molar-refractivity contribution in [1.82, 2.24) is 24.6 Å². The molecule has 1 aromatic carbocycles. The lowest BCUT2D eigenvalue weighted by molar-refractivity contribution is -0.130. The Balaban J connectivity index is 1.50. The van der Waals surface area contributed by atoms with E-state index in [4.69, 9.17) is 4.74 Å². The third-order valence-electron chi connectivity index (χ3n) is 6.88. The van der Waals surface area contributed by atoms with E-state index in [9.17, 15) is 9.59 Å². The molecule has 32 heavy (non-hydrogen) atoms. The SMILES string of the molecule is COCCN(C(=O)c1cccc(C2CCc3nnc(C)n3C2)c1)C1CCN(C(C)=O)CC1. The van der Waals surface area contributed by atoms with E-state index in [-0.39, 0.29) is 17.9 Å². The molecule has 172 valence electrons. The van der Waals surface area contributed by atoms with Crippen LogP contribution >= 0.6 is 0 Å². The Kier molecular flexibility index (Phi) is 6.89. The highest BCUT2D eigenvalue weighted by Crippen LogP contribution is 2.30. The van der Waals surface area contributed by atoms with Gasteiger partial charge in [-0.3, -0.25) is 9.59 Å². The highest BCUT2D eigenvalue weighted by Gasteiger charge is 2.30. The second-order valence-electron chi connectivity index (χ2n) is 8.86. The number of likely N-dealkylation sites (tertiary alicyclic amines) is 1. The summed E-state index contributed by atoms with van der Waals surface area (Å²) < 4.78 is 7.48. The summed E-state index contributed by atoms with van der Waals surface area (Å²) in [6.07, 6.45) is 3.51. The number of hydrogen-bond donors (Lipinski definition) is 0. The van der Waals surface area contributed by atoms with Gasteiger partial charge in [-0.05, 0) is 43.9 Å². The topological polar surface area (TPSA) is 80.6 Å². The number of methoxy groups -OCH3 is 1. The standard InChI is InChI=1S/C24H33N5O3/c1-17-25-26-23-8-7-21(16-29(17)23)19-5-4-6-20(15-19)24(31)28(13-14-32-3)22-9-11-27(12-10-22)18(2)30/h4-6,15,21-22H,7-14,16H2,1-3H3. The quantitative estimate of drug-likeness (QED) is 0.691. The molecule has 2 aliphatic heterocycles. The maximum absolute atomic E-state index is 13.6. The number of nitrogens with zero attached hydrogens (tertiary/aromatic N) is 5. The highest BCUT2D eigenvalue weighted by molar-refractivity contribution is 5.94. The fourth-order valence-electron chi connectivity index (χ4n) is 4.96. The van der Waals surface area contributed by atoms with Gasteiger partial charge in [-0.1, -0.05) is 12.1 Å². The van der Waals surface area contributed by atoms with Crippen molar-refractivity contribution in [2.75, 3.05) is 33.4 Å². The summed E-state index contributed by atoms with van der Waals surface area (Å²) in [7, 11) is 1.66. The second kappa shape index (κ2) is 9.81. The van der Waals surface area contributed by atoms with Gasteiger partial charge in [0.25, 0.3) is 5.91 Å². The van der Waals surface area contributed by atoms with Crippen molar-refractivity contribution in [3.05, 3.63) is 47.0 Å². The van der Waals surface area contributed by atoms with E-state index in [1.54, 1.807) is 14.0 Å². The fraction of sp³-hybridized carbons (Fsp3) is 0.583. The van der Waals surface area contributed by atoms with Gasteiger partial charge in [-0.25, -0.2) is 0 Å². The number of piperidine rings is 1. The van der Waals surface area contributed by atoms with E-state index < -0.39 is 0 Å². The molecule has 0 aliphatic carbocycles. The van der Waals surface area contributed by atoms with Crippen molar-refractivity contribution < 1.29 is 14.3 Å². The van der Waals surface area contributed by atoms with Crippen LogP contribution in [0.5, 0.6) is 0 Å². The van der Waals surface area contributed by atoms with Crippen LogP contribution in [0.2, 0.25) is 0 Å². The largest absolute Gasteiger partial charge is 0.383 e. The van der Waals surface area contributed by atoms with Gasteiger partial charge in [-0.15, -0.1) is 10.2 Å². The summed E-state index contributed by atoms with van der Waals surface area (Å²) in [5, 5.41) is 8.47. The zero-order chi connectivity index (χ0) is 22.7. The lowest BCUT2D eigenvalue weighted by Gasteiger charge is -2.38. The molecule has 2 amide bonds. The van der Waals surface area contributed by atoms with E-state index in [1.165, 1.54) is 5.56 Å². The lowest BCUT2D eigenvalue weighted by Crippen LogP contribution is -2.49. The summed E-state index contributed by atoms with van der Waals surface area (Å²) in [5.41, 5.74) is 1.91. The number of carbonyl (C=O) groups excluding carboxylic acids is 2. The maximum atomic E-state index is 13.6. The van der Waals surface area contributed by atoms with Crippen LogP contribution in [0.15, 0.2) is 24.3 Å². The van der Waals surface area contributed by atoms with Crippen LogP contribution in [0.1, 0.15) is 59.7 Å². The van der Waals surface area contributed by atoms with Crippen LogP contribution in [0.3, 0.4) is 0 Å². The van der Waals surface area contributed by atoms with E-state index in [0.717, 1.165) is 49.4 Å². The van der Waals surface area contributed by atoms with Gasteiger partial charge in [0.2, 0.25) is 5.91 Å². The normalized spacial score (nSPS) is 19.0. The Morgan fingerprint density at radius 3 is 2.69 bits per heavy atom. The monoisotopic (exact) mass is 439 g/mol. The molecule has 1 fully saturated rings. The minimum absolute atomic E-state index is 0.0437. The summed E-state index contributed by atoms with van der Waals surface area (Å²) in [4.78, 5) is 29.1. The first-order valence-corrected chi connectivity index (χ1v) is 11.5. The molecule has 1 atom stereocenters. The number of benzene rings is 1. The van der Waals surface area contributed by atoms with Gasteiger partial charge in [0, 0.05) is 64.2 Å². The van der Waals surface area contributed by atoms with Crippen molar-refractivity contribution in [3.63, 3.8) is 0 Å². The maximum Gasteiger partial charge on any atom is 0.254 e. The van der Waals surface area contributed by atoms with Gasteiger partial charge in [0.1, 0.15) is 11.6 Å². The summed E-state index contributed by atoms with van der Waals surface area (Å²) in [6, 6.07) is 8.20. The van der Waals surface area contributed by atoms with Crippen molar-refractivity contribution >= 4 is 11.8 Å². The van der Waals surface area contributed by atoms with Crippen molar-refractivity contribution in [1.29, 1.82) is 0 Å².